The molecule has 2 heterocycles. The van der Waals surface area contributed by atoms with Crippen LogP contribution in [0.1, 0.15) is 42.9 Å². The molecule has 0 bridgehead atoms. The molecule has 0 spiro atoms. The third-order valence-electron chi connectivity index (χ3n) is 5.68. The summed E-state index contributed by atoms with van der Waals surface area (Å²) in [7, 11) is 0. The number of H-pyrrole nitrogens is 1. The van der Waals surface area contributed by atoms with Gasteiger partial charge in [0.25, 0.3) is 0 Å². The fourth-order valence-electron chi connectivity index (χ4n) is 3.79. The van der Waals surface area contributed by atoms with Crippen molar-refractivity contribution in [1.29, 1.82) is 0 Å². The second kappa shape index (κ2) is 11.5. The van der Waals surface area contributed by atoms with E-state index in [4.69, 9.17) is 9.47 Å². The van der Waals surface area contributed by atoms with Crippen LogP contribution in [0.5, 0.6) is 0 Å². The van der Waals surface area contributed by atoms with Crippen LogP contribution in [0.15, 0.2) is 60.0 Å². The largest absolute Gasteiger partial charge is 0.392 e. The number of aliphatic hydroxyl groups is 1. The highest BCUT2D eigenvalue weighted by Crippen LogP contribution is 2.42. The smallest absolute Gasteiger partial charge is 0.319 e. The fourth-order valence-corrected chi connectivity index (χ4v) is 4.74. The second-order valence-corrected chi connectivity index (χ2v) is 9.04. The first-order chi connectivity index (χ1) is 16.6. The lowest BCUT2D eigenvalue weighted by atomic mass is 9.91. The Bertz CT molecular complexity index is 1050. The Morgan fingerprint density at radius 3 is 2.50 bits per heavy atom. The number of thioether (sulfide) groups is 1. The van der Waals surface area contributed by atoms with Gasteiger partial charge in [0.2, 0.25) is 0 Å². The minimum atomic E-state index is -0.572. The molecule has 0 unspecified atom stereocenters. The third-order valence-corrected chi connectivity index (χ3v) is 6.64. The van der Waals surface area contributed by atoms with E-state index >= 15 is 0 Å². The summed E-state index contributed by atoms with van der Waals surface area (Å²) < 4.78 is 12.8. The van der Waals surface area contributed by atoms with E-state index in [0.717, 1.165) is 21.8 Å². The van der Waals surface area contributed by atoms with E-state index in [9.17, 15) is 9.90 Å². The van der Waals surface area contributed by atoms with E-state index in [-0.39, 0.29) is 30.8 Å². The van der Waals surface area contributed by atoms with Crippen LogP contribution in [0.3, 0.4) is 0 Å². The number of rotatable bonds is 8. The summed E-state index contributed by atoms with van der Waals surface area (Å²) in [6.45, 7) is 4.54. The number of aromatic amines is 1. The predicted molar refractivity (Wildman–Crippen MR) is 129 cm³/mol. The summed E-state index contributed by atoms with van der Waals surface area (Å²) in [6.07, 6.45) is 0.614. The van der Waals surface area contributed by atoms with E-state index < -0.39 is 6.29 Å². The number of ether oxygens (including phenoxy) is 2. The van der Waals surface area contributed by atoms with Crippen LogP contribution in [-0.4, -0.2) is 44.7 Å². The van der Waals surface area contributed by atoms with Crippen molar-refractivity contribution in [2.24, 2.45) is 5.92 Å². The van der Waals surface area contributed by atoms with Gasteiger partial charge in [-0.05, 0) is 30.2 Å². The number of carbonyl (C=O) groups excluding carboxylic acids is 1. The molecule has 9 nitrogen and oxygen atoms in total. The van der Waals surface area contributed by atoms with Crippen molar-refractivity contribution in [3.05, 3.63) is 71.5 Å². The highest BCUT2D eigenvalue weighted by molar-refractivity contribution is 7.99. The number of hydrogen-bond donors (Lipinski definition) is 4. The topological polar surface area (TPSA) is 121 Å². The molecule has 1 fully saturated rings. The molecule has 1 aliphatic rings. The van der Waals surface area contributed by atoms with E-state index in [0.29, 0.717) is 18.0 Å². The minimum absolute atomic E-state index is 0.000203. The first-order valence-corrected chi connectivity index (χ1v) is 12.2. The molecule has 0 aliphatic carbocycles. The SMILES string of the molecule is CCNC(=O)Nc1ccc([C@@H]2O[C@H](CSc3ncn[nH]3)[C@H](C)[C@H](c3ccc(CO)cc3)O2)cc1. The van der Waals surface area contributed by atoms with Gasteiger partial charge < -0.3 is 25.2 Å². The van der Waals surface area contributed by atoms with E-state index in [1.807, 2.05) is 55.5 Å². The summed E-state index contributed by atoms with van der Waals surface area (Å²) in [4.78, 5) is 16.0. The number of benzene rings is 2. The molecule has 34 heavy (non-hydrogen) atoms. The van der Waals surface area contributed by atoms with Crippen LogP contribution in [0, 0.1) is 5.92 Å². The molecule has 2 amide bonds. The number of hydrogen-bond acceptors (Lipinski definition) is 7. The lowest BCUT2D eigenvalue weighted by molar-refractivity contribution is -0.268. The molecule has 2 aromatic carbocycles. The zero-order chi connectivity index (χ0) is 23.9. The second-order valence-electron chi connectivity index (χ2n) is 8.03. The monoisotopic (exact) mass is 483 g/mol. The summed E-state index contributed by atoms with van der Waals surface area (Å²) >= 11 is 1.55. The van der Waals surface area contributed by atoms with Crippen molar-refractivity contribution in [1.82, 2.24) is 20.5 Å². The van der Waals surface area contributed by atoms with Gasteiger partial charge in [-0.2, -0.15) is 5.10 Å². The van der Waals surface area contributed by atoms with Gasteiger partial charge in [0, 0.05) is 29.5 Å². The standard InChI is InChI=1S/C24H29N5O4S/c1-3-25-23(31)28-19-10-8-18(9-11-19)22-32-20(13-34-24-26-14-27-29-24)15(2)21(33-22)17-6-4-16(12-30)5-7-17/h4-11,14-15,20-22,30H,3,12-13H2,1-2H3,(H2,25,28,31)(H,26,27,29)/t15-,20+,21+,22+/m0/s1. The highest BCUT2D eigenvalue weighted by atomic mass is 32.2. The molecule has 3 aromatic rings. The zero-order valence-electron chi connectivity index (χ0n) is 19.1. The first-order valence-electron chi connectivity index (χ1n) is 11.2. The maximum absolute atomic E-state index is 11.8. The first kappa shape index (κ1) is 24.2. The maximum Gasteiger partial charge on any atom is 0.319 e. The molecule has 4 atom stereocenters. The van der Waals surface area contributed by atoms with Crippen LogP contribution in [0.4, 0.5) is 10.5 Å². The number of carbonyl (C=O) groups is 1. The minimum Gasteiger partial charge on any atom is -0.392 e. The Labute approximate surface area is 202 Å². The quantitative estimate of drug-likeness (QED) is 0.357. The average Bonchev–Trinajstić information content (AvgIpc) is 3.38. The molecule has 1 saturated heterocycles. The number of aliphatic hydroxyl groups excluding tert-OH is 1. The van der Waals surface area contributed by atoms with Crippen LogP contribution < -0.4 is 10.6 Å². The van der Waals surface area contributed by atoms with Crippen LogP contribution in [0.2, 0.25) is 0 Å². The highest BCUT2D eigenvalue weighted by Gasteiger charge is 2.38. The van der Waals surface area contributed by atoms with Crippen LogP contribution >= 0.6 is 11.8 Å². The molecule has 4 rings (SSSR count). The normalized spacial score (nSPS) is 22.3. The molecule has 4 N–H and O–H groups in total. The van der Waals surface area contributed by atoms with Crippen molar-refractivity contribution in [3.8, 4) is 0 Å². The number of nitrogens with zero attached hydrogens (tertiary/aromatic N) is 2. The number of amides is 2. The van der Waals surface area contributed by atoms with Gasteiger partial charge in [-0.15, -0.1) is 0 Å². The van der Waals surface area contributed by atoms with Gasteiger partial charge >= 0.3 is 6.03 Å². The van der Waals surface area contributed by atoms with E-state index in [2.05, 4.69) is 32.7 Å². The maximum atomic E-state index is 11.8. The van der Waals surface area contributed by atoms with Crippen molar-refractivity contribution in [2.45, 2.75) is 44.1 Å². The Balaban J connectivity index is 1.53. The zero-order valence-corrected chi connectivity index (χ0v) is 19.9. The summed E-state index contributed by atoms with van der Waals surface area (Å²) in [6, 6.07) is 15.0. The predicted octanol–water partition coefficient (Wildman–Crippen LogP) is 4.02. The summed E-state index contributed by atoms with van der Waals surface area (Å²) in [5, 5.41) is 22.4. The van der Waals surface area contributed by atoms with Crippen molar-refractivity contribution in [2.75, 3.05) is 17.6 Å². The molecule has 10 heteroatoms. The van der Waals surface area contributed by atoms with Gasteiger partial charge in [0.15, 0.2) is 11.4 Å². The number of urea groups is 1. The molecule has 0 radical (unpaired) electrons. The summed E-state index contributed by atoms with van der Waals surface area (Å²) in [5.74, 6) is 0.753. The lowest BCUT2D eigenvalue weighted by Crippen LogP contribution is -2.38. The van der Waals surface area contributed by atoms with Crippen molar-refractivity contribution in [3.63, 3.8) is 0 Å². The van der Waals surface area contributed by atoms with Gasteiger partial charge in [0.05, 0.1) is 18.8 Å². The number of nitrogens with one attached hydrogen (secondary N) is 3. The number of aromatic nitrogens is 3. The van der Waals surface area contributed by atoms with E-state index in [1.165, 1.54) is 6.33 Å². The lowest BCUT2D eigenvalue weighted by Gasteiger charge is -2.41. The summed E-state index contributed by atoms with van der Waals surface area (Å²) in [5.41, 5.74) is 3.43. The third kappa shape index (κ3) is 5.95. The van der Waals surface area contributed by atoms with Crippen molar-refractivity contribution < 1.29 is 19.4 Å². The van der Waals surface area contributed by atoms with Crippen molar-refractivity contribution >= 4 is 23.5 Å². The van der Waals surface area contributed by atoms with Crippen LogP contribution in [-0.2, 0) is 16.1 Å². The molecule has 1 aliphatic heterocycles. The van der Waals surface area contributed by atoms with E-state index in [1.54, 1.807) is 11.8 Å². The Kier molecular flexibility index (Phi) is 8.17. The Hall–Kier alpha value is -2.92. The Morgan fingerprint density at radius 2 is 1.85 bits per heavy atom. The average molecular weight is 484 g/mol. The molecule has 180 valence electrons. The fraction of sp³-hybridized carbons (Fsp3) is 0.375. The molecular weight excluding hydrogens is 454 g/mol. The van der Waals surface area contributed by atoms with Gasteiger partial charge in [-0.25, -0.2) is 9.78 Å². The molecule has 1 aromatic heterocycles. The molecular formula is C24H29N5O4S. The van der Waals surface area contributed by atoms with Crippen LogP contribution in [0.25, 0.3) is 0 Å². The molecule has 0 saturated carbocycles. The van der Waals surface area contributed by atoms with Gasteiger partial charge in [-0.1, -0.05) is 55.1 Å². The Morgan fingerprint density at radius 1 is 1.12 bits per heavy atom. The van der Waals surface area contributed by atoms with Gasteiger partial charge in [-0.3, -0.25) is 5.10 Å². The van der Waals surface area contributed by atoms with Gasteiger partial charge in [0.1, 0.15) is 6.33 Å². The number of anilines is 1.